The molecule has 0 fully saturated rings. The van der Waals surface area contributed by atoms with Crippen LogP contribution in [-0.4, -0.2) is 34.0 Å². The van der Waals surface area contributed by atoms with E-state index in [9.17, 15) is 9.90 Å². The van der Waals surface area contributed by atoms with Crippen LogP contribution < -0.4 is 4.74 Å². The van der Waals surface area contributed by atoms with Crippen LogP contribution in [0, 0.1) is 0 Å². The second kappa shape index (κ2) is 8.86. The van der Waals surface area contributed by atoms with Crippen molar-refractivity contribution in [2.45, 2.75) is 44.5 Å². The number of benzene rings is 1. The highest BCUT2D eigenvalue weighted by Crippen LogP contribution is 2.33. The first-order valence-corrected chi connectivity index (χ1v) is 7.84. The molecule has 122 valence electrons. The minimum atomic E-state index is -0.191. The zero-order valence-electron chi connectivity index (χ0n) is 13.1. The van der Waals surface area contributed by atoms with Crippen LogP contribution in [0.25, 0.3) is 0 Å². The van der Waals surface area contributed by atoms with Crippen molar-refractivity contribution in [3.05, 3.63) is 35.9 Å². The minimum Gasteiger partial charge on any atom is -0.507 e. The normalized spacial score (nSPS) is 13.5. The Bertz CT molecular complexity index is 528. The fourth-order valence-corrected chi connectivity index (χ4v) is 2.30. The molecule has 2 unspecified atom stereocenters. The molecule has 0 aliphatic rings. The maximum absolute atomic E-state index is 11.5. The minimum absolute atomic E-state index is 0.0334. The molecule has 2 atom stereocenters. The number of rotatable bonds is 9. The van der Waals surface area contributed by atoms with Crippen molar-refractivity contribution in [1.82, 2.24) is 0 Å². The Balaban J connectivity index is 2.91. The molecule has 0 aromatic heterocycles. The van der Waals surface area contributed by atoms with E-state index in [0.717, 1.165) is 12.8 Å². The zero-order valence-corrected chi connectivity index (χ0v) is 14.0. The second-order valence-electron chi connectivity index (χ2n) is 5.33. The van der Waals surface area contributed by atoms with Crippen LogP contribution in [0.4, 0.5) is 0 Å². The van der Waals surface area contributed by atoms with Gasteiger partial charge in [0.15, 0.2) is 5.78 Å². The number of Topliss-reactive ketones (excluding diaryl/α,β-unsaturated/α-hetero) is 1. The van der Waals surface area contributed by atoms with E-state index in [1.807, 2.05) is 6.92 Å². The average molecular weight is 324 g/mol. The number of allylic oxidation sites excluding steroid dienone is 1. The summed E-state index contributed by atoms with van der Waals surface area (Å²) >= 11 is 4.24. The average Bonchev–Trinajstić information content (AvgIpc) is 2.48. The first-order chi connectivity index (χ1) is 10.4. The number of aromatic hydroxyl groups is 1. The quantitative estimate of drug-likeness (QED) is 0.371. The predicted molar refractivity (Wildman–Crippen MR) is 91.2 cm³/mol. The molecule has 2 N–H and O–H groups in total. The van der Waals surface area contributed by atoms with Crippen molar-refractivity contribution >= 4 is 18.4 Å². The van der Waals surface area contributed by atoms with Gasteiger partial charge in [0.1, 0.15) is 11.5 Å². The molecule has 0 aliphatic heterocycles. The number of phenolic OH excluding ortho intramolecular Hbond substituents is 1. The lowest BCUT2D eigenvalue weighted by Crippen LogP contribution is -2.16. The van der Waals surface area contributed by atoms with Crippen molar-refractivity contribution in [2.75, 3.05) is 6.61 Å². The monoisotopic (exact) mass is 324 g/mol. The Morgan fingerprint density at radius 3 is 2.68 bits per heavy atom. The van der Waals surface area contributed by atoms with Crippen molar-refractivity contribution in [3.8, 4) is 11.5 Å². The van der Waals surface area contributed by atoms with Crippen LogP contribution in [-0.2, 0) is 6.42 Å². The summed E-state index contributed by atoms with van der Waals surface area (Å²) in [7, 11) is 0. The molecule has 1 aromatic rings. The molecule has 0 amide bonds. The molecule has 0 saturated carbocycles. The summed E-state index contributed by atoms with van der Waals surface area (Å²) in [6.07, 6.45) is 3.45. The third-order valence-corrected chi connectivity index (χ3v) is 3.83. The Labute approximate surface area is 137 Å². The second-order valence-corrected chi connectivity index (χ2v) is 6.06. The molecule has 0 saturated heterocycles. The van der Waals surface area contributed by atoms with E-state index in [2.05, 4.69) is 19.2 Å². The summed E-state index contributed by atoms with van der Waals surface area (Å²) in [6.45, 7) is 7.04. The smallest absolute Gasteiger partial charge is 0.163 e. The van der Waals surface area contributed by atoms with Gasteiger partial charge in [-0.25, -0.2) is 0 Å². The van der Waals surface area contributed by atoms with Crippen molar-refractivity contribution < 1.29 is 19.7 Å². The number of ether oxygens (including phenoxy) is 1. The Hall–Kier alpha value is -1.46. The number of aliphatic hydroxyl groups is 1. The predicted octanol–water partition coefficient (Wildman–Crippen LogP) is 3.16. The third-order valence-electron chi connectivity index (χ3n) is 3.41. The van der Waals surface area contributed by atoms with Gasteiger partial charge < -0.3 is 14.9 Å². The van der Waals surface area contributed by atoms with Gasteiger partial charge >= 0.3 is 0 Å². The molecule has 0 bridgehead atoms. The van der Waals surface area contributed by atoms with E-state index in [4.69, 9.17) is 9.84 Å². The lowest BCUT2D eigenvalue weighted by atomic mass is 10.0. The topological polar surface area (TPSA) is 66.8 Å². The van der Waals surface area contributed by atoms with Gasteiger partial charge in [-0.3, -0.25) is 4.79 Å². The van der Waals surface area contributed by atoms with Gasteiger partial charge in [0.2, 0.25) is 0 Å². The number of carbonyl (C=O) groups excluding carboxylic acids is 1. The fraction of sp³-hybridized carbons (Fsp3) is 0.471. The number of thiol groups is 1. The Morgan fingerprint density at radius 2 is 2.14 bits per heavy atom. The highest BCUT2D eigenvalue weighted by molar-refractivity contribution is 7.81. The highest BCUT2D eigenvalue weighted by atomic mass is 32.1. The number of aliphatic hydroxyl groups excluding tert-OH is 1. The molecule has 0 heterocycles. The van der Waals surface area contributed by atoms with Crippen LogP contribution in [0.3, 0.4) is 0 Å². The van der Waals surface area contributed by atoms with Crippen molar-refractivity contribution in [1.29, 1.82) is 0 Å². The van der Waals surface area contributed by atoms with E-state index < -0.39 is 0 Å². The van der Waals surface area contributed by atoms with E-state index in [0.29, 0.717) is 17.7 Å². The Morgan fingerprint density at radius 1 is 1.45 bits per heavy atom. The summed E-state index contributed by atoms with van der Waals surface area (Å²) in [6, 6.07) is 3.28. The van der Waals surface area contributed by atoms with Gasteiger partial charge in [-0.05, 0) is 45.2 Å². The molecule has 0 spiro atoms. The summed E-state index contributed by atoms with van der Waals surface area (Å²) in [5.41, 5.74) is 0.853. The Kier molecular flexibility index (Phi) is 7.48. The highest BCUT2D eigenvalue weighted by Gasteiger charge is 2.17. The molecule has 4 nitrogen and oxygen atoms in total. The number of hydrogen-bond donors (Lipinski definition) is 3. The van der Waals surface area contributed by atoms with Gasteiger partial charge in [-0.2, -0.15) is 12.6 Å². The van der Waals surface area contributed by atoms with E-state index in [-0.39, 0.29) is 35.1 Å². The number of carbonyl (C=O) groups is 1. The van der Waals surface area contributed by atoms with Crippen LogP contribution >= 0.6 is 12.6 Å². The molecular weight excluding hydrogens is 300 g/mol. The van der Waals surface area contributed by atoms with Crippen LogP contribution in [0.15, 0.2) is 24.8 Å². The largest absolute Gasteiger partial charge is 0.507 e. The maximum atomic E-state index is 11.5. The van der Waals surface area contributed by atoms with Crippen LogP contribution in [0.5, 0.6) is 11.5 Å². The number of phenols is 1. The summed E-state index contributed by atoms with van der Waals surface area (Å²) in [5, 5.41) is 19.2. The first kappa shape index (κ1) is 18.6. The van der Waals surface area contributed by atoms with Gasteiger partial charge in [-0.1, -0.05) is 6.08 Å². The number of hydrogen-bond acceptors (Lipinski definition) is 5. The van der Waals surface area contributed by atoms with Gasteiger partial charge in [0.05, 0.1) is 18.3 Å². The molecule has 5 heteroatoms. The lowest BCUT2D eigenvalue weighted by molar-refractivity contribution is 0.101. The maximum Gasteiger partial charge on any atom is 0.163 e. The molecule has 1 rings (SSSR count). The summed E-state index contributed by atoms with van der Waals surface area (Å²) < 4.78 is 5.87. The summed E-state index contributed by atoms with van der Waals surface area (Å²) in [5.74, 6) is 0.317. The van der Waals surface area contributed by atoms with E-state index in [1.54, 1.807) is 18.2 Å². The van der Waals surface area contributed by atoms with Gasteiger partial charge in [0, 0.05) is 10.8 Å². The third kappa shape index (κ3) is 5.07. The van der Waals surface area contributed by atoms with Crippen molar-refractivity contribution in [3.63, 3.8) is 0 Å². The molecule has 1 aromatic carbocycles. The van der Waals surface area contributed by atoms with Gasteiger partial charge in [-0.15, -0.1) is 6.58 Å². The molecule has 0 aliphatic carbocycles. The molecule has 0 radical (unpaired) electrons. The SMILES string of the molecule is C=CCc1c(OC(C)CCC(S)CO)ccc(C(C)=O)c1O. The fourth-order valence-electron chi connectivity index (χ4n) is 2.15. The van der Waals surface area contributed by atoms with Crippen LogP contribution in [0.2, 0.25) is 0 Å². The van der Waals surface area contributed by atoms with E-state index in [1.165, 1.54) is 6.92 Å². The number of ketones is 1. The van der Waals surface area contributed by atoms with Crippen LogP contribution in [0.1, 0.15) is 42.6 Å². The van der Waals surface area contributed by atoms with Gasteiger partial charge in [0.25, 0.3) is 0 Å². The van der Waals surface area contributed by atoms with Crippen molar-refractivity contribution in [2.24, 2.45) is 0 Å². The summed E-state index contributed by atoms with van der Waals surface area (Å²) in [4.78, 5) is 11.5. The zero-order chi connectivity index (χ0) is 16.7. The molecular formula is C17H24O4S. The van der Waals surface area contributed by atoms with E-state index >= 15 is 0 Å². The molecule has 22 heavy (non-hydrogen) atoms. The standard InChI is InChI=1S/C17H24O4S/c1-4-5-15-16(9-8-14(12(3)19)17(15)20)21-11(2)6-7-13(22)10-18/h4,8-9,11,13,18,20,22H,1,5-7,10H2,2-3H3. The first-order valence-electron chi connectivity index (χ1n) is 7.32. The lowest BCUT2D eigenvalue weighted by Gasteiger charge is -2.19.